The van der Waals surface area contributed by atoms with E-state index in [9.17, 15) is 0 Å². The van der Waals surface area contributed by atoms with E-state index in [2.05, 4.69) is 17.2 Å². The van der Waals surface area contributed by atoms with Gasteiger partial charge < -0.3 is 20.1 Å². The number of hydrogen-bond donors (Lipinski definition) is 2. The first-order valence-corrected chi connectivity index (χ1v) is 7.19. The van der Waals surface area contributed by atoms with E-state index in [1.165, 1.54) is 0 Å². The quantitative estimate of drug-likeness (QED) is 0.623. The van der Waals surface area contributed by atoms with E-state index in [0.29, 0.717) is 18.3 Å². The molecule has 4 nitrogen and oxygen atoms in total. The van der Waals surface area contributed by atoms with Crippen molar-refractivity contribution in [3.63, 3.8) is 0 Å². The average molecular weight is 292 g/mol. The molecule has 5 heteroatoms. The van der Waals surface area contributed by atoms with Gasteiger partial charge in [0.1, 0.15) is 12.4 Å². The fourth-order valence-corrected chi connectivity index (χ4v) is 2.18. The molecule has 1 heterocycles. The summed E-state index contributed by atoms with van der Waals surface area (Å²) in [5, 5.41) is 6.71. The van der Waals surface area contributed by atoms with Crippen LogP contribution in [-0.4, -0.2) is 31.0 Å². The van der Waals surface area contributed by atoms with E-state index in [-0.39, 0.29) is 6.10 Å². The third-order valence-corrected chi connectivity index (χ3v) is 3.24. The Morgan fingerprint density at radius 2 is 2.35 bits per heavy atom. The molecule has 1 aromatic rings. The van der Waals surface area contributed by atoms with E-state index >= 15 is 0 Å². The second-order valence-electron chi connectivity index (χ2n) is 4.57. The molecular weight excluding hydrogens is 272 g/mol. The summed E-state index contributed by atoms with van der Waals surface area (Å²) in [7, 11) is 0. The number of ether oxygens (including phenoxy) is 2. The van der Waals surface area contributed by atoms with Gasteiger partial charge in [0.05, 0.1) is 11.8 Å². The van der Waals surface area contributed by atoms with Gasteiger partial charge >= 0.3 is 0 Å². The molecule has 0 radical (unpaired) electrons. The summed E-state index contributed by atoms with van der Waals surface area (Å²) in [6.07, 6.45) is 4.14. The van der Waals surface area contributed by atoms with Gasteiger partial charge in [0.2, 0.25) is 0 Å². The summed E-state index contributed by atoms with van der Waals surface area (Å²) < 4.78 is 11.4. The minimum absolute atomic E-state index is 0.203. The first kappa shape index (κ1) is 14.8. The zero-order valence-corrected chi connectivity index (χ0v) is 12.2. The molecule has 1 aliphatic heterocycles. The Morgan fingerprint density at radius 1 is 1.50 bits per heavy atom. The Balaban J connectivity index is 1.90. The second kappa shape index (κ2) is 7.87. The van der Waals surface area contributed by atoms with Crippen LogP contribution in [0.3, 0.4) is 0 Å². The van der Waals surface area contributed by atoms with Crippen molar-refractivity contribution in [2.75, 3.05) is 25.1 Å². The molecular formula is C15H20N2O2S. The molecule has 1 fully saturated rings. The standard InChI is InChI=1S/C15H20N2O2S/c1-2-9-16-15(20)17-13-7-3-4-8-14(13)19-11-12-6-5-10-18-12/h2-4,7-8,12H,1,5-6,9-11H2,(H2,16,17,20). The van der Waals surface area contributed by atoms with Crippen LogP contribution in [0.15, 0.2) is 36.9 Å². The van der Waals surface area contributed by atoms with Crippen molar-refractivity contribution in [1.29, 1.82) is 0 Å². The largest absolute Gasteiger partial charge is 0.489 e. The van der Waals surface area contributed by atoms with Crippen LogP contribution in [0.4, 0.5) is 5.69 Å². The van der Waals surface area contributed by atoms with Gasteiger partial charge in [0, 0.05) is 13.2 Å². The van der Waals surface area contributed by atoms with Crippen molar-refractivity contribution in [2.45, 2.75) is 18.9 Å². The molecule has 2 rings (SSSR count). The Kier molecular flexibility index (Phi) is 5.83. The number of thiocarbonyl (C=S) groups is 1. The highest BCUT2D eigenvalue weighted by molar-refractivity contribution is 7.80. The maximum Gasteiger partial charge on any atom is 0.171 e. The third kappa shape index (κ3) is 4.51. The molecule has 0 bridgehead atoms. The zero-order chi connectivity index (χ0) is 14.2. The van der Waals surface area contributed by atoms with Crippen molar-refractivity contribution >= 4 is 23.0 Å². The lowest BCUT2D eigenvalue weighted by molar-refractivity contribution is 0.0682. The minimum atomic E-state index is 0.203. The molecule has 1 unspecified atom stereocenters. The normalized spacial score (nSPS) is 17.5. The van der Waals surface area contributed by atoms with Gasteiger partial charge in [-0.05, 0) is 37.2 Å². The molecule has 1 saturated heterocycles. The van der Waals surface area contributed by atoms with Crippen molar-refractivity contribution in [3.05, 3.63) is 36.9 Å². The SMILES string of the molecule is C=CCNC(=S)Nc1ccccc1OCC1CCCO1. The van der Waals surface area contributed by atoms with Crippen LogP contribution in [-0.2, 0) is 4.74 Å². The lowest BCUT2D eigenvalue weighted by atomic mass is 10.2. The lowest BCUT2D eigenvalue weighted by Crippen LogP contribution is -2.28. The van der Waals surface area contributed by atoms with Crippen LogP contribution in [0.25, 0.3) is 0 Å². The van der Waals surface area contributed by atoms with Crippen LogP contribution in [0.1, 0.15) is 12.8 Å². The van der Waals surface area contributed by atoms with Gasteiger partial charge in [0.15, 0.2) is 5.11 Å². The highest BCUT2D eigenvalue weighted by Gasteiger charge is 2.16. The van der Waals surface area contributed by atoms with E-state index in [4.69, 9.17) is 21.7 Å². The topological polar surface area (TPSA) is 42.5 Å². The van der Waals surface area contributed by atoms with E-state index in [0.717, 1.165) is 30.9 Å². The molecule has 0 aromatic heterocycles. The molecule has 0 aliphatic carbocycles. The van der Waals surface area contributed by atoms with Crippen molar-refractivity contribution in [3.8, 4) is 5.75 Å². The lowest BCUT2D eigenvalue weighted by Gasteiger charge is -2.16. The number of nitrogens with one attached hydrogen (secondary N) is 2. The molecule has 20 heavy (non-hydrogen) atoms. The molecule has 0 saturated carbocycles. The van der Waals surface area contributed by atoms with Crippen LogP contribution < -0.4 is 15.4 Å². The monoisotopic (exact) mass is 292 g/mol. The first-order chi connectivity index (χ1) is 9.79. The van der Waals surface area contributed by atoms with Gasteiger partial charge in [-0.1, -0.05) is 18.2 Å². The van der Waals surface area contributed by atoms with Crippen molar-refractivity contribution < 1.29 is 9.47 Å². The summed E-state index contributed by atoms with van der Waals surface area (Å²) in [5.74, 6) is 0.783. The van der Waals surface area contributed by atoms with Gasteiger partial charge in [-0.3, -0.25) is 0 Å². The third-order valence-electron chi connectivity index (χ3n) is 2.99. The Morgan fingerprint density at radius 3 is 3.10 bits per heavy atom. The summed E-state index contributed by atoms with van der Waals surface area (Å²) in [6, 6.07) is 7.74. The molecule has 0 amide bonds. The molecule has 108 valence electrons. The summed E-state index contributed by atoms with van der Waals surface area (Å²) in [5.41, 5.74) is 0.854. The molecule has 2 N–H and O–H groups in total. The average Bonchev–Trinajstić information content (AvgIpc) is 2.97. The van der Waals surface area contributed by atoms with Crippen LogP contribution >= 0.6 is 12.2 Å². The minimum Gasteiger partial charge on any atom is -0.489 e. The Hall–Kier alpha value is -1.59. The first-order valence-electron chi connectivity index (χ1n) is 6.79. The van der Waals surface area contributed by atoms with E-state index in [1.54, 1.807) is 6.08 Å². The van der Waals surface area contributed by atoms with Crippen LogP contribution in [0.5, 0.6) is 5.75 Å². The van der Waals surface area contributed by atoms with E-state index < -0.39 is 0 Å². The maximum absolute atomic E-state index is 5.83. The number of anilines is 1. The van der Waals surface area contributed by atoms with Crippen LogP contribution in [0, 0.1) is 0 Å². The number of benzene rings is 1. The molecule has 1 aliphatic rings. The molecule has 1 aromatic carbocycles. The van der Waals surface area contributed by atoms with Gasteiger partial charge in [0.25, 0.3) is 0 Å². The van der Waals surface area contributed by atoms with Gasteiger partial charge in [-0.2, -0.15) is 0 Å². The van der Waals surface area contributed by atoms with Gasteiger partial charge in [-0.15, -0.1) is 6.58 Å². The highest BCUT2D eigenvalue weighted by atomic mass is 32.1. The Labute approximate surface area is 125 Å². The zero-order valence-electron chi connectivity index (χ0n) is 11.4. The van der Waals surface area contributed by atoms with Crippen molar-refractivity contribution in [2.24, 2.45) is 0 Å². The molecule has 1 atom stereocenters. The number of hydrogen-bond acceptors (Lipinski definition) is 3. The number of para-hydroxylation sites is 2. The molecule has 0 spiro atoms. The maximum atomic E-state index is 5.83. The predicted octanol–water partition coefficient (Wildman–Crippen LogP) is 2.72. The summed E-state index contributed by atoms with van der Waals surface area (Å²) in [6.45, 7) is 5.68. The van der Waals surface area contributed by atoms with E-state index in [1.807, 2.05) is 24.3 Å². The van der Waals surface area contributed by atoms with Gasteiger partial charge in [-0.25, -0.2) is 0 Å². The fourth-order valence-electron chi connectivity index (χ4n) is 1.99. The smallest absolute Gasteiger partial charge is 0.171 e. The predicted molar refractivity (Wildman–Crippen MR) is 85.3 cm³/mol. The second-order valence-corrected chi connectivity index (χ2v) is 4.97. The fraction of sp³-hybridized carbons (Fsp3) is 0.400. The highest BCUT2D eigenvalue weighted by Crippen LogP contribution is 2.24. The van der Waals surface area contributed by atoms with Crippen LogP contribution in [0.2, 0.25) is 0 Å². The summed E-state index contributed by atoms with van der Waals surface area (Å²) in [4.78, 5) is 0. The number of rotatable bonds is 6. The Bertz CT molecular complexity index is 459. The summed E-state index contributed by atoms with van der Waals surface area (Å²) >= 11 is 5.20. The van der Waals surface area contributed by atoms with Crippen molar-refractivity contribution in [1.82, 2.24) is 5.32 Å².